The first-order chi connectivity index (χ1) is 9.18. The van der Waals surface area contributed by atoms with E-state index in [1.54, 1.807) is 36.4 Å². The van der Waals surface area contributed by atoms with E-state index < -0.39 is 6.03 Å². The van der Waals surface area contributed by atoms with Crippen molar-refractivity contribution in [3.8, 4) is 0 Å². The monoisotopic (exact) mass is 254 g/mol. The predicted molar refractivity (Wildman–Crippen MR) is 75.1 cm³/mol. The maximum atomic E-state index is 12.1. The summed E-state index contributed by atoms with van der Waals surface area (Å²) in [5.74, 6) is -0.334. The lowest BCUT2D eigenvalue weighted by molar-refractivity contribution is -0.115. The molecule has 2 rings (SSSR count). The lowest BCUT2D eigenvalue weighted by Crippen LogP contribution is -2.38. The summed E-state index contributed by atoms with van der Waals surface area (Å²) in [5.41, 5.74) is 1.19. The van der Waals surface area contributed by atoms with Crippen LogP contribution in [-0.2, 0) is 4.79 Å². The van der Waals surface area contributed by atoms with E-state index in [1.165, 1.54) is 6.92 Å². The van der Waals surface area contributed by atoms with Crippen LogP contribution in [0.2, 0.25) is 0 Å². The number of carbonyl (C=O) groups excluding carboxylic acids is 2. The summed E-state index contributed by atoms with van der Waals surface area (Å²) in [6.45, 7) is 1.36. The largest absolute Gasteiger partial charge is 0.333 e. The van der Waals surface area contributed by atoms with Crippen LogP contribution in [0.4, 0.5) is 16.2 Å². The van der Waals surface area contributed by atoms with Gasteiger partial charge in [-0.05, 0) is 24.3 Å². The molecule has 4 nitrogen and oxygen atoms in total. The maximum Gasteiger partial charge on any atom is 0.333 e. The number of para-hydroxylation sites is 2. The van der Waals surface area contributed by atoms with E-state index in [0.29, 0.717) is 11.4 Å². The molecule has 0 aliphatic carbocycles. The topological polar surface area (TPSA) is 49.4 Å². The number of anilines is 2. The van der Waals surface area contributed by atoms with Gasteiger partial charge in [-0.25, -0.2) is 9.69 Å². The minimum absolute atomic E-state index is 0.334. The van der Waals surface area contributed by atoms with Gasteiger partial charge in [0.25, 0.3) is 0 Å². The van der Waals surface area contributed by atoms with Crippen molar-refractivity contribution in [1.82, 2.24) is 0 Å². The van der Waals surface area contributed by atoms with Crippen LogP contribution in [-0.4, -0.2) is 11.9 Å². The number of nitrogens with zero attached hydrogens (tertiary/aromatic N) is 1. The summed E-state index contributed by atoms with van der Waals surface area (Å²) < 4.78 is 0. The first-order valence-electron chi connectivity index (χ1n) is 5.90. The molecule has 0 bridgehead atoms. The third-order valence-electron chi connectivity index (χ3n) is 2.56. The molecule has 0 atom stereocenters. The molecule has 1 N–H and O–H groups in total. The molecule has 2 aromatic rings. The molecule has 0 saturated heterocycles. The van der Waals surface area contributed by atoms with Gasteiger partial charge in [-0.3, -0.25) is 4.79 Å². The molecule has 0 saturated carbocycles. The van der Waals surface area contributed by atoms with Gasteiger partial charge in [-0.1, -0.05) is 36.4 Å². The summed E-state index contributed by atoms with van der Waals surface area (Å²) in [4.78, 5) is 24.9. The Morgan fingerprint density at radius 2 is 1.42 bits per heavy atom. The highest BCUT2D eigenvalue weighted by molar-refractivity contribution is 6.17. The van der Waals surface area contributed by atoms with Crippen LogP contribution in [0.3, 0.4) is 0 Å². The van der Waals surface area contributed by atoms with Crippen LogP contribution in [0, 0.1) is 0 Å². The van der Waals surface area contributed by atoms with Gasteiger partial charge in [-0.15, -0.1) is 0 Å². The molecule has 0 fully saturated rings. The van der Waals surface area contributed by atoms with Crippen molar-refractivity contribution in [3.63, 3.8) is 0 Å². The minimum atomic E-state index is -0.468. The van der Waals surface area contributed by atoms with E-state index in [2.05, 4.69) is 5.32 Å². The molecule has 4 heteroatoms. The summed E-state index contributed by atoms with van der Waals surface area (Å²) >= 11 is 0. The average molecular weight is 254 g/mol. The lowest BCUT2D eigenvalue weighted by Gasteiger charge is -2.19. The van der Waals surface area contributed by atoms with Crippen molar-refractivity contribution in [3.05, 3.63) is 60.7 Å². The first kappa shape index (κ1) is 12.8. The molecule has 0 radical (unpaired) electrons. The molecular formula is C15H14N2O2. The van der Waals surface area contributed by atoms with Gasteiger partial charge in [0.1, 0.15) is 0 Å². The maximum absolute atomic E-state index is 12.1. The second kappa shape index (κ2) is 5.82. The highest BCUT2D eigenvalue weighted by atomic mass is 16.2. The van der Waals surface area contributed by atoms with Crippen molar-refractivity contribution in [1.29, 1.82) is 0 Å². The van der Waals surface area contributed by atoms with E-state index >= 15 is 0 Å². The summed E-state index contributed by atoms with van der Waals surface area (Å²) in [5, 5.41) is 2.69. The Morgan fingerprint density at radius 3 is 1.95 bits per heavy atom. The molecular weight excluding hydrogens is 240 g/mol. The van der Waals surface area contributed by atoms with Crippen molar-refractivity contribution in [2.24, 2.45) is 0 Å². The zero-order chi connectivity index (χ0) is 13.7. The second-order valence-corrected chi connectivity index (χ2v) is 3.99. The highest BCUT2D eigenvalue weighted by Crippen LogP contribution is 2.15. The van der Waals surface area contributed by atoms with Crippen LogP contribution >= 0.6 is 0 Å². The Balaban J connectivity index is 2.21. The summed E-state index contributed by atoms with van der Waals surface area (Å²) in [6, 6.07) is 17.4. The standard InChI is InChI=1S/C15H14N2O2/c1-12(18)17(14-10-6-3-7-11-14)15(19)16-13-8-4-2-5-9-13/h2-11H,1H3,(H,16,19). The molecule has 0 aromatic heterocycles. The van der Waals surface area contributed by atoms with Gasteiger partial charge in [0.05, 0.1) is 5.69 Å². The number of hydrogen-bond donors (Lipinski definition) is 1. The molecule has 96 valence electrons. The molecule has 0 spiro atoms. The van der Waals surface area contributed by atoms with Gasteiger partial charge in [0, 0.05) is 12.6 Å². The third-order valence-corrected chi connectivity index (χ3v) is 2.56. The number of urea groups is 1. The van der Waals surface area contributed by atoms with Crippen molar-refractivity contribution < 1.29 is 9.59 Å². The van der Waals surface area contributed by atoms with Crippen LogP contribution in [0.1, 0.15) is 6.92 Å². The number of amides is 3. The zero-order valence-corrected chi connectivity index (χ0v) is 10.5. The SMILES string of the molecule is CC(=O)N(C(=O)Nc1ccccc1)c1ccccc1. The predicted octanol–water partition coefficient (Wildman–Crippen LogP) is 3.27. The number of nitrogens with one attached hydrogen (secondary N) is 1. The summed E-state index contributed by atoms with van der Waals surface area (Å²) in [6.07, 6.45) is 0. The van der Waals surface area contributed by atoms with Crippen LogP contribution in [0.5, 0.6) is 0 Å². The van der Waals surface area contributed by atoms with E-state index in [1.807, 2.05) is 24.3 Å². The minimum Gasteiger partial charge on any atom is -0.307 e. The Hall–Kier alpha value is -2.62. The van der Waals surface area contributed by atoms with E-state index in [4.69, 9.17) is 0 Å². The zero-order valence-electron chi connectivity index (χ0n) is 10.5. The molecule has 19 heavy (non-hydrogen) atoms. The summed E-state index contributed by atoms with van der Waals surface area (Å²) in [7, 11) is 0. The number of benzene rings is 2. The molecule has 0 unspecified atom stereocenters. The number of rotatable bonds is 2. The van der Waals surface area contributed by atoms with Crippen LogP contribution in [0.15, 0.2) is 60.7 Å². The van der Waals surface area contributed by atoms with Crippen LogP contribution < -0.4 is 10.2 Å². The fourth-order valence-electron chi connectivity index (χ4n) is 1.72. The van der Waals surface area contributed by atoms with Crippen molar-refractivity contribution >= 4 is 23.3 Å². The normalized spacial score (nSPS) is 9.74. The van der Waals surface area contributed by atoms with Gasteiger partial charge < -0.3 is 5.32 Å². The number of imide groups is 1. The van der Waals surface area contributed by atoms with Gasteiger partial charge in [0.15, 0.2) is 0 Å². The smallest absolute Gasteiger partial charge is 0.307 e. The molecule has 3 amide bonds. The fraction of sp³-hybridized carbons (Fsp3) is 0.0667. The van der Waals surface area contributed by atoms with Gasteiger partial charge in [-0.2, -0.15) is 0 Å². The van der Waals surface area contributed by atoms with Crippen molar-refractivity contribution in [2.45, 2.75) is 6.92 Å². The highest BCUT2D eigenvalue weighted by Gasteiger charge is 2.19. The quantitative estimate of drug-likeness (QED) is 0.894. The second-order valence-electron chi connectivity index (χ2n) is 3.99. The molecule has 0 heterocycles. The Morgan fingerprint density at radius 1 is 0.895 bits per heavy atom. The molecule has 0 aliphatic heterocycles. The van der Waals surface area contributed by atoms with E-state index in [-0.39, 0.29) is 5.91 Å². The molecule has 2 aromatic carbocycles. The molecule has 0 aliphatic rings. The Bertz CT molecular complexity index is 567. The first-order valence-corrected chi connectivity index (χ1v) is 5.90. The number of carbonyl (C=O) groups is 2. The van der Waals surface area contributed by atoms with Crippen molar-refractivity contribution in [2.75, 3.05) is 10.2 Å². The number of hydrogen-bond acceptors (Lipinski definition) is 2. The van der Waals surface area contributed by atoms with Crippen LogP contribution in [0.25, 0.3) is 0 Å². The van der Waals surface area contributed by atoms with E-state index in [0.717, 1.165) is 4.90 Å². The fourth-order valence-corrected chi connectivity index (χ4v) is 1.72. The van der Waals surface area contributed by atoms with Gasteiger partial charge in [0.2, 0.25) is 5.91 Å². The Labute approximate surface area is 111 Å². The van der Waals surface area contributed by atoms with E-state index in [9.17, 15) is 9.59 Å². The lowest BCUT2D eigenvalue weighted by atomic mass is 10.3. The Kier molecular flexibility index (Phi) is 3.93. The third kappa shape index (κ3) is 3.19. The average Bonchev–Trinajstić information content (AvgIpc) is 2.40. The van der Waals surface area contributed by atoms with Gasteiger partial charge >= 0.3 is 6.03 Å².